The van der Waals surface area contributed by atoms with Gasteiger partial charge in [0.2, 0.25) is 0 Å². The summed E-state index contributed by atoms with van der Waals surface area (Å²) >= 11 is 6.11. The van der Waals surface area contributed by atoms with Crippen LogP contribution in [-0.4, -0.2) is 21.8 Å². The van der Waals surface area contributed by atoms with E-state index in [0.29, 0.717) is 0 Å². The molecule has 1 aliphatic heterocycles. The third-order valence-corrected chi connectivity index (χ3v) is 3.24. The van der Waals surface area contributed by atoms with Crippen molar-refractivity contribution >= 4 is 11.6 Å². The largest absolute Gasteiger partial charge is 0.373 e. The Morgan fingerprint density at radius 2 is 2.43 bits per heavy atom. The zero-order valence-electron chi connectivity index (χ0n) is 8.53. The number of rotatable bonds is 1. The number of nitrogens with zero attached hydrogens (tertiary/aromatic N) is 2. The third-order valence-electron chi connectivity index (χ3n) is 2.84. The van der Waals surface area contributed by atoms with E-state index >= 15 is 0 Å². The fourth-order valence-corrected chi connectivity index (χ4v) is 2.06. The van der Waals surface area contributed by atoms with E-state index in [1.165, 1.54) is 11.3 Å². The van der Waals surface area contributed by atoms with E-state index in [9.17, 15) is 0 Å². The summed E-state index contributed by atoms with van der Waals surface area (Å²) in [6.07, 6.45) is 3.88. The average molecular weight is 215 g/mol. The number of aryl methyl sites for hydroxylation is 1. The van der Waals surface area contributed by atoms with E-state index in [2.05, 4.69) is 12.0 Å². The van der Waals surface area contributed by atoms with E-state index in [-0.39, 0.29) is 11.5 Å². The van der Waals surface area contributed by atoms with Gasteiger partial charge < -0.3 is 4.74 Å². The molecule has 78 valence electrons. The second-order valence-corrected chi connectivity index (χ2v) is 4.41. The van der Waals surface area contributed by atoms with Gasteiger partial charge in [0.05, 0.1) is 12.3 Å². The van der Waals surface area contributed by atoms with Crippen molar-refractivity contribution in [2.45, 2.75) is 31.2 Å². The van der Waals surface area contributed by atoms with Crippen LogP contribution in [0, 0.1) is 6.92 Å². The van der Waals surface area contributed by atoms with Crippen molar-refractivity contribution in [3.8, 4) is 0 Å². The van der Waals surface area contributed by atoms with Gasteiger partial charge in [0.25, 0.3) is 0 Å². The molecule has 14 heavy (non-hydrogen) atoms. The van der Waals surface area contributed by atoms with Crippen LogP contribution in [0.15, 0.2) is 6.20 Å². The first-order chi connectivity index (χ1) is 6.68. The maximum Gasteiger partial charge on any atom is 0.0872 e. The molecule has 0 aromatic carbocycles. The zero-order valence-corrected chi connectivity index (χ0v) is 9.29. The van der Waals surface area contributed by atoms with Crippen molar-refractivity contribution in [3.05, 3.63) is 17.5 Å². The van der Waals surface area contributed by atoms with Crippen LogP contribution >= 0.6 is 11.6 Å². The number of aromatic nitrogens is 2. The molecular weight excluding hydrogens is 200 g/mol. The van der Waals surface area contributed by atoms with E-state index in [4.69, 9.17) is 16.3 Å². The third kappa shape index (κ3) is 1.79. The topological polar surface area (TPSA) is 27.1 Å². The Kier molecular flexibility index (Phi) is 2.79. The predicted molar refractivity (Wildman–Crippen MR) is 55.5 cm³/mol. The summed E-state index contributed by atoms with van der Waals surface area (Å²) in [5.74, 6) is 0. The summed E-state index contributed by atoms with van der Waals surface area (Å²) < 4.78 is 7.56. The summed E-state index contributed by atoms with van der Waals surface area (Å²) in [5, 5.41) is 4.45. The maximum atomic E-state index is 6.11. The number of alkyl halides is 1. The molecule has 0 saturated carbocycles. The maximum absolute atomic E-state index is 6.11. The van der Waals surface area contributed by atoms with Crippen molar-refractivity contribution in [2.24, 2.45) is 7.05 Å². The van der Waals surface area contributed by atoms with E-state index in [1.807, 2.05) is 17.9 Å². The zero-order chi connectivity index (χ0) is 10.1. The standard InChI is InChI=1S/C10H15ClN2O/c1-7-9(6-12-13(7)2)10-5-8(11)3-4-14-10/h6,8,10H,3-5H2,1-2H3. The molecule has 4 heteroatoms. The normalized spacial score (nSPS) is 27.9. The first-order valence-electron chi connectivity index (χ1n) is 4.92. The lowest BCUT2D eigenvalue weighted by Crippen LogP contribution is -2.20. The number of ether oxygens (including phenoxy) is 1. The summed E-state index contributed by atoms with van der Waals surface area (Å²) in [6, 6.07) is 0. The number of hydrogen-bond acceptors (Lipinski definition) is 2. The molecule has 1 aromatic heterocycles. The van der Waals surface area contributed by atoms with Crippen molar-refractivity contribution in [1.29, 1.82) is 0 Å². The molecule has 0 spiro atoms. The second-order valence-electron chi connectivity index (χ2n) is 3.79. The Bertz CT molecular complexity index is 324. The van der Waals surface area contributed by atoms with Crippen LogP contribution in [0.3, 0.4) is 0 Å². The van der Waals surface area contributed by atoms with Crippen LogP contribution in [0.5, 0.6) is 0 Å². The quantitative estimate of drug-likeness (QED) is 0.671. The lowest BCUT2D eigenvalue weighted by atomic mass is 10.0. The number of halogens is 1. The first kappa shape index (κ1) is 9.99. The van der Waals surface area contributed by atoms with E-state index in [0.717, 1.165) is 19.4 Å². The minimum atomic E-state index is 0.139. The van der Waals surface area contributed by atoms with Gasteiger partial charge in [-0.3, -0.25) is 4.68 Å². The molecule has 1 aromatic rings. The molecule has 1 aliphatic rings. The van der Waals surface area contributed by atoms with Crippen molar-refractivity contribution in [2.75, 3.05) is 6.61 Å². The summed E-state index contributed by atoms with van der Waals surface area (Å²) in [6.45, 7) is 2.82. The molecule has 0 radical (unpaired) electrons. The first-order valence-corrected chi connectivity index (χ1v) is 5.36. The Morgan fingerprint density at radius 1 is 1.64 bits per heavy atom. The molecule has 2 rings (SSSR count). The SMILES string of the molecule is Cc1c(C2CC(Cl)CCO2)cnn1C. The molecule has 1 fully saturated rings. The van der Waals surface area contributed by atoms with E-state index in [1.54, 1.807) is 0 Å². The van der Waals surface area contributed by atoms with Crippen molar-refractivity contribution < 1.29 is 4.74 Å². The Hall–Kier alpha value is -0.540. The van der Waals surface area contributed by atoms with Gasteiger partial charge in [-0.15, -0.1) is 11.6 Å². The minimum absolute atomic E-state index is 0.139. The Labute approximate surface area is 89.0 Å². The lowest BCUT2D eigenvalue weighted by Gasteiger charge is -2.25. The minimum Gasteiger partial charge on any atom is -0.373 e. The molecule has 1 saturated heterocycles. The molecule has 0 aliphatic carbocycles. The summed E-state index contributed by atoms with van der Waals surface area (Å²) in [5.41, 5.74) is 2.35. The molecule has 2 unspecified atom stereocenters. The van der Waals surface area contributed by atoms with Crippen molar-refractivity contribution in [1.82, 2.24) is 9.78 Å². The summed E-state index contributed by atoms with van der Waals surface area (Å²) in [4.78, 5) is 0. The van der Waals surface area contributed by atoms with Gasteiger partial charge >= 0.3 is 0 Å². The van der Waals surface area contributed by atoms with Crippen LogP contribution in [-0.2, 0) is 11.8 Å². The van der Waals surface area contributed by atoms with Gasteiger partial charge in [0.15, 0.2) is 0 Å². The van der Waals surface area contributed by atoms with Crippen molar-refractivity contribution in [3.63, 3.8) is 0 Å². The van der Waals surface area contributed by atoms with E-state index < -0.39 is 0 Å². The van der Waals surface area contributed by atoms with Crippen LogP contribution in [0.25, 0.3) is 0 Å². The van der Waals surface area contributed by atoms with Gasteiger partial charge in [-0.05, 0) is 19.8 Å². The average Bonchev–Trinajstić information content (AvgIpc) is 2.48. The van der Waals surface area contributed by atoms with Crippen LogP contribution in [0.1, 0.15) is 30.2 Å². The Morgan fingerprint density at radius 3 is 3.00 bits per heavy atom. The molecule has 0 N–H and O–H groups in total. The predicted octanol–water partition coefficient (Wildman–Crippen LogP) is 2.19. The van der Waals surface area contributed by atoms with Crippen LogP contribution < -0.4 is 0 Å². The monoisotopic (exact) mass is 214 g/mol. The molecule has 3 nitrogen and oxygen atoms in total. The second kappa shape index (κ2) is 3.91. The smallest absolute Gasteiger partial charge is 0.0872 e. The number of hydrogen-bond donors (Lipinski definition) is 0. The van der Waals surface area contributed by atoms with Crippen LogP contribution in [0.2, 0.25) is 0 Å². The molecular formula is C10H15ClN2O. The lowest BCUT2D eigenvalue weighted by molar-refractivity contribution is 0.0164. The van der Waals surface area contributed by atoms with Gasteiger partial charge in [-0.25, -0.2) is 0 Å². The van der Waals surface area contributed by atoms with Gasteiger partial charge in [0.1, 0.15) is 0 Å². The highest BCUT2D eigenvalue weighted by Crippen LogP contribution is 2.31. The molecule has 0 amide bonds. The van der Waals surface area contributed by atoms with Gasteiger partial charge in [-0.2, -0.15) is 5.10 Å². The highest BCUT2D eigenvalue weighted by molar-refractivity contribution is 6.20. The fourth-order valence-electron chi connectivity index (χ4n) is 1.80. The highest BCUT2D eigenvalue weighted by Gasteiger charge is 2.24. The molecule has 2 atom stereocenters. The Balaban J connectivity index is 2.18. The fraction of sp³-hybridized carbons (Fsp3) is 0.700. The highest BCUT2D eigenvalue weighted by atomic mass is 35.5. The van der Waals surface area contributed by atoms with Crippen LogP contribution in [0.4, 0.5) is 0 Å². The van der Waals surface area contributed by atoms with Gasteiger partial charge in [-0.1, -0.05) is 0 Å². The van der Waals surface area contributed by atoms with Gasteiger partial charge in [0, 0.05) is 30.3 Å². The summed E-state index contributed by atoms with van der Waals surface area (Å²) in [7, 11) is 1.94. The molecule has 2 heterocycles. The molecule has 0 bridgehead atoms.